The van der Waals surface area contributed by atoms with Crippen LogP contribution in [0.2, 0.25) is 0 Å². The zero-order valence-electron chi connectivity index (χ0n) is 40.1. The molecular weight excluding hydrogens is 769 g/mol. The van der Waals surface area contributed by atoms with E-state index in [2.05, 4.69) is 106 Å². The molecule has 0 bridgehead atoms. The van der Waals surface area contributed by atoms with Crippen molar-refractivity contribution in [3.8, 4) is 0 Å². The van der Waals surface area contributed by atoms with Crippen LogP contribution in [0.1, 0.15) is 220 Å². The maximum absolute atomic E-state index is 12.8. The predicted octanol–water partition coefficient (Wildman–Crippen LogP) is 16.6. The Bertz CT molecular complexity index is 1260. The minimum atomic E-state index is -0.818. The fraction of sp³-hybridized carbons (Fsp3) is 0.661. The Morgan fingerprint density at radius 2 is 0.677 bits per heavy atom. The molecule has 1 unspecified atom stereocenters. The molecule has 0 amide bonds. The smallest absolute Gasteiger partial charge is 0.306 e. The molecule has 0 fully saturated rings. The van der Waals surface area contributed by atoms with Crippen LogP contribution in [0.5, 0.6) is 0 Å². The number of carbonyl (C=O) groups is 3. The molecule has 0 aliphatic rings. The maximum Gasteiger partial charge on any atom is 0.306 e. The Morgan fingerprint density at radius 1 is 0.339 bits per heavy atom. The number of unbranched alkanes of at least 4 members (excludes halogenated alkanes) is 17. The molecule has 0 aromatic heterocycles. The van der Waals surface area contributed by atoms with Gasteiger partial charge in [-0.05, 0) is 103 Å². The van der Waals surface area contributed by atoms with E-state index in [1.54, 1.807) is 0 Å². The lowest BCUT2D eigenvalue weighted by atomic mass is 10.1. The molecule has 0 N–H and O–H groups in total. The lowest BCUT2D eigenvalue weighted by Crippen LogP contribution is -2.30. The van der Waals surface area contributed by atoms with Gasteiger partial charge < -0.3 is 14.2 Å². The van der Waals surface area contributed by atoms with Crippen molar-refractivity contribution < 1.29 is 28.6 Å². The van der Waals surface area contributed by atoms with Crippen LogP contribution in [0.4, 0.5) is 0 Å². The monoisotopic (exact) mass is 861 g/mol. The Kier molecular flexibility index (Phi) is 47.0. The normalized spacial score (nSPS) is 12.9. The molecular formula is C56H92O6. The summed E-state index contributed by atoms with van der Waals surface area (Å²) in [7, 11) is 0. The Balaban J connectivity index is 4.52. The van der Waals surface area contributed by atoms with Gasteiger partial charge in [0.1, 0.15) is 13.2 Å². The SMILES string of the molecule is CC/C=C\C/C=C\C/C=C\C/C=C\C/C=C\C/C=C\CCC(=O)OCC(COC(=O)CCCCCCC/C=C\CCCC)OC(=O)CCCCC/C=C\CCCCCCCCC. The molecule has 352 valence electrons. The van der Waals surface area contributed by atoms with E-state index < -0.39 is 6.10 Å². The largest absolute Gasteiger partial charge is 0.462 e. The number of carbonyl (C=O) groups excluding carboxylic acids is 3. The van der Waals surface area contributed by atoms with E-state index in [4.69, 9.17) is 14.2 Å². The second kappa shape index (κ2) is 50.0. The minimum Gasteiger partial charge on any atom is -0.462 e. The average Bonchev–Trinajstić information content (AvgIpc) is 3.27. The second-order valence-electron chi connectivity index (χ2n) is 16.3. The van der Waals surface area contributed by atoms with Crippen LogP contribution >= 0.6 is 0 Å². The van der Waals surface area contributed by atoms with E-state index in [1.807, 2.05) is 12.2 Å². The van der Waals surface area contributed by atoms with Crippen molar-refractivity contribution in [2.45, 2.75) is 226 Å². The summed E-state index contributed by atoms with van der Waals surface area (Å²) in [6.45, 7) is 6.38. The van der Waals surface area contributed by atoms with Crippen LogP contribution in [0, 0.1) is 0 Å². The molecule has 0 radical (unpaired) electrons. The molecule has 0 saturated heterocycles. The van der Waals surface area contributed by atoms with Crippen molar-refractivity contribution in [2.24, 2.45) is 0 Å². The molecule has 0 aromatic carbocycles. The fourth-order valence-electron chi connectivity index (χ4n) is 6.50. The summed E-state index contributed by atoms with van der Waals surface area (Å²) in [6, 6.07) is 0. The minimum absolute atomic E-state index is 0.112. The van der Waals surface area contributed by atoms with Crippen molar-refractivity contribution >= 4 is 17.9 Å². The Labute approximate surface area is 381 Å². The molecule has 0 rings (SSSR count). The van der Waals surface area contributed by atoms with Gasteiger partial charge in [0.15, 0.2) is 6.10 Å². The number of esters is 3. The van der Waals surface area contributed by atoms with E-state index in [0.717, 1.165) is 103 Å². The first-order chi connectivity index (χ1) is 30.5. The third kappa shape index (κ3) is 47.4. The molecule has 6 heteroatoms. The number of ether oxygens (including phenoxy) is 3. The lowest BCUT2D eigenvalue weighted by molar-refractivity contribution is -0.166. The summed E-state index contributed by atoms with van der Waals surface area (Å²) < 4.78 is 16.7. The van der Waals surface area contributed by atoms with Crippen molar-refractivity contribution in [2.75, 3.05) is 13.2 Å². The molecule has 0 aliphatic carbocycles. The molecule has 0 spiro atoms. The number of allylic oxidation sites excluding steroid dienone is 16. The molecule has 0 aliphatic heterocycles. The third-order valence-corrected chi connectivity index (χ3v) is 10.3. The van der Waals surface area contributed by atoms with Gasteiger partial charge in [-0.15, -0.1) is 0 Å². The Morgan fingerprint density at radius 3 is 1.15 bits per heavy atom. The first-order valence-corrected chi connectivity index (χ1v) is 25.2. The fourth-order valence-corrected chi connectivity index (χ4v) is 6.50. The van der Waals surface area contributed by atoms with Crippen molar-refractivity contribution in [3.63, 3.8) is 0 Å². The average molecular weight is 861 g/mol. The van der Waals surface area contributed by atoms with Gasteiger partial charge in [0.05, 0.1) is 0 Å². The molecule has 0 aromatic rings. The highest BCUT2D eigenvalue weighted by Crippen LogP contribution is 2.12. The van der Waals surface area contributed by atoms with Gasteiger partial charge in [-0.1, -0.05) is 195 Å². The van der Waals surface area contributed by atoms with Gasteiger partial charge in [-0.3, -0.25) is 14.4 Å². The first kappa shape index (κ1) is 58.3. The van der Waals surface area contributed by atoms with Crippen LogP contribution in [-0.2, 0) is 28.6 Å². The number of hydrogen-bond acceptors (Lipinski definition) is 6. The van der Waals surface area contributed by atoms with Crippen molar-refractivity contribution in [1.82, 2.24) is 0 Å². The van der Waals surface area contributed by atoms with Crippen molar-refractivity contribution in [3.05, 3.63) is 97.2 Å². The highest BCUT2D eigenvalue weighted by molar-refractivity contribution is 5.71. The van der Waals surface area contributed by atoms with Crippen LogP contribution in [-0.4, -0.2) is 37.2 Å². The summed E-state index contributed by atoms with van der Waals surface area (Å²) in [4.78, 5) is 37.9. The summed E-state index contributed by atoms with van der Waals surface area (Å²) in [5.74, 6) is -1.03. The summed E-state index contributed by atoms with van der Waals surface area (Å²) in [6.07, 6.45) is 65.5. The van der Waals surface area contributed by atoms with Crippen LogP contribution in [0.25, 0.3) is 0 Å². The lowest BCUT2D eigenvalue weighted by Gasteiger charge is -2.18. The zero-order valence-corrected chi connectivity index (χ0v) is 40.1. The predicted molar refractivity (Wildman–Crippen MR) is 265 cm³/mol. The van der Waals surface area contributed by atoms with Gasteiger partial charge in [-0.25, -0.2) is 0 Å². The topological polar surface area (TPSA) is 78.9 Å². The van der Waals surface area contributed by atoms with Gasteiger partial charge in [-0.2, -0.15) is 0 Å². The second-order valence-corrected chi connectivity index (χ2v) is 16.3. The third-order valence-electron chi connectivity index (χ3n) is 10.3. The van der Waals surface area contributed by atoms with Gasteiger partial charge in [0, 0.05) is 19.3 Å². The van der Waals surface area contributed by atoms with Gasteiger partial charge in [0.25, 0.3) is 0 Å². The number of rotatable bonds is 44. The van der Waals surface area contributed by atoms with Crippen LogP contribution < -0.4 is 0 Å². The molecule has 62 heavy (non-hydrogen) atoms. The standard InChI is InChI=1S/C56H92O6/c1-4-7-10-13-16-19-22-24-26-27-28-29-30-32-34-37-40-43-46-49-55(58)61-52-53(51-60-54(57)48-45-42-39-36-33-21-18-15-12-9-6-3)62-56(59)50-47-44-41-38-35-31-25-23-20-17-14-11-8-5-2/h7,10,15-16,18-19,24,26,28-29,31-32,34-35,40,43,53H,4-6,8-9,11-14,17,20-23,25,27,30,33,36-39,41-42,44-52H2,1-3H3/b10-7-,18-15-,19-16-,26-24-,29-28-,34-32-,35-31-,43-40-. The van der Waals surface area contributed by atoms with E-state index in [9.17, 15) is 14.4 Å². The van der Waals surface area contributed by atoms with Crippen LogP contribution in [0.15, 0.2) is 97.2 Å². The first-order valence-electron chi connectivity index (χ1n) is 25.2. The maximum atomic E-state index is 12.8. The summed E-state index contributed by atoms with van der Waals surface area (Å²) >= 11 is 0. The van der Waals surface area contributed by atoms with E-state index in [1.165, 1.54) is 70.6 Å². The van der Waals surface area contributed by atoms with Gasteiger partial charge >= 0.3 is 17.9 Å². The molecule has 1 atom stereocenters. The van der Waals surface area contributed by atoms with E-state index >= 15 is 0 Å². The summed E-state index contributed by atoms with van der Waals surface area (Å²) in [5, 5.41) is 0. The quantitative estimate of drug-likeness (QED) is 0.0263. The van der Waals surface area contributed by atoms with Gasteiger partial charge in [0.2, 0.25) is 0 Å². The van der Waals surface area contributed by atoms with E-state index in [0.29, 0.717) is 12.8 Å². The van der Waals surface area contributed by atoms with E-state index in [-0.39, 0.29) is 44.0 Å². The summed E-state index contributed by atoms with van der Waals surface area (Å²) in [5.41, 5.74) is 0. The highest BCUT2D eigenvalue weighted by Gasteiger charge is 2.19. The van der Waals surface area contributed by atoms with Crippen molar-refractivity contribution in [1.29, 1.82) is 0 Å². The zero-order chi connectivity index (χ0) is 45.1. The number of hydrogen-bond donors (Lipinski definition) is 0. The molecule has 6 nitrogen and oxygen atoms in total. The molecule has 0 heterocycles. The Hall–Kier alpha value is -3.67. The molecule has 0 saturated carbocycles. The highest BCUT2D eigenvalue weighted by atomic mass is 16.6. The van der Waals surface area contributed by atoms with Crippen LogP contribution in [0.3, 0.4) is 0 Å².